The van der Waals surface area contributed by atoms with E-state index in [4.69, 9.17) is 16.6 Å². The number of hydrogen-bond donors (Lipinski definition) is 1. The van der Waals surface area contributed by atoms with E-state index in [9.17, 15) is 18.0 Å². The molecule has 12 heteroatoms. The summed E-state index contributed by atoms with van der Waals surface area (Å²) in [5.41, 5.74) is 0.619. The van der Waals surface area contributed by atoms with Gasteiger partial charge < -0.3 is 19.9 Å². The van der Waals surface area contributed by atoms with E-state index in [1.54, 1.807) is 6.07 Å². The molecule has 2 fully saturated rings. The number of pyridine rings is 1. The van der Waals surface area contributed by atoms with Crippen LogP contribution < -0.4 is 15.0 Å². The van der Waals surface area contributed by atoms with Crippen LogP contribution in [0.4, 0.5) is 30.5 Å². The molecule has 8 nitrogen and oxygen atoms in total. The summed E-state index contributed by atoms with van der Waals surface area (Å²) in [6.45, 7) is 2.25. The fourth-order valence-corrected chi connectivity index (χ4v) is 4.55. The molecule has 0 atom stereocenters. The number of amides is 1. The van der Waals surface area contributed by atoms with Gasteiger partial charge in [0.1, 0.15) is 28.4 Å². The first kappa shape index (κ1) is 23.2. The molecular formula is C23H20ClF3N6O2. The van der Waals surface area contributed by atoms with Crippen LogP contribution in [0.2, 0.25) is 5.02 Å². The van der Waals surface area contributed by atoms with Gasteiger partial charge in [-0.2, -0.15) is 8.78 Å². The van der Waals surface area contributed by atoms with Crippen molar-refractivity contribution in [3.8, 4) is 5.75 Å². The number of halogens is 4. The molecule has 1 aliphatic carbocycles. The van der Waals surface area contributed by atoms with E-state index in [0.717, 1.165) is 18.9 Å². The average Bonchev–Trinajstić information content (AvgIpc) is 3.62. The number of anilines is 3. The maximum absolute atomic E-state index is 14.8. The van der Waals surface area contributed by atoms with Crippen molar-refractivity contribution in [2.45, 2.75) is 25.0 Å². The molecule has 2 aromatic heterocycles. The maximum atomic E-state index is 14.8. The molecule has 0 radical (unpaired) electrons. The van der Waals surface area contributed by atoms with Crippen LogP contribution in [-0.2, 0) is 4.79 Å². The first-order valence-corrected chi connectivity index (χ1v) is 11.2. The molecule has 3 aromatic rings. The molecular weight excluding hydrogens is 485 g/mol. The normalized spacial score (nSPS) is 16.6. The minimum absolute atomic E-state index is 0.0702. The smallest absolute Gasteiger partial charge is 0.387 e. The van der Waals surface area contributed by atoms with Crippen molar-refractivity contribution >= 4 is 45.9 Å². The Hall–Kier alpha value is -3.60. The van der Waals surface area contributed by atoms with Crippen molar-refractivity contribution in [3.63, 3.8) is 0 Å². The maximum Gasteiger partial charge on any atom is 0.387 e. The van der Waals surface area contributed by atoms with Gasteiger partial charge in [-0.1, -0.05) is 18.2 Å². The molecule has 5 rings (SSSR count). The quantitative estimate of drug-likeness (QED) is 0.494. The highest BCUT2D eigenvalue weighted by atomic mass is 35.5. The number of alkyl halides is 2. The third-order valence-electron chi connectivity index (χ3n) is 6.23. The lowest BCUT2D eigenvalue weighted by Crippen LogP contribution is -2.57. The summed E-state index contributed by atoms with van der Waals surface area (Å²) in [7, 11) is 0. The number of nitrogens with one attached hydrogen (secondary N) is 1. The van der Waals surface area contributed by atoms with Crippen LogP contribution >= 0.6 is 11.6 Å². The fourth-order valence-electron chi connectivity index (χ4n) is 4.34. The number of carbonyl (C=O) groups excluding carboxylic acids is 1. The third-order valence-corrected chi connectivity index (χ3v) is 6.58. The summed E-state index contributed by atoms with van der Waals surface area (Å²) in [4.78, 5) is 29.4. The van der Waals surface area contributed by atoms with E-state index >= 15 is 0 Å². The minimum atomic E-state index is -3.13. The van der Waals surface area contributed by atoms with Gasteiger partial charge in [-0.3, -0.25) is 4.79 Å². The first-order valence-electron chi connectivity index (χ1n) is 10.8. The Bertz CT molecular complexity index is 1320. The van der Waals surface area contributed by atoms with Gasteiger partial charge in [0.15, 0.2) is 11.6 Å². The van der Waals surface area contributed by atoms with Crippen LogP contribution in [0.5, 0.6) is 5.75 Å². The highest BCUT2D eigenvalue weighted by Gasteiger charge is 2.52. The highest BCUT2D eigenvalue weighted by molar-refractivity contribution is 6.32. The topological polar surface area (TPSA) is 83.5 Å². The molecule has 1 N–H and O–H groups in total. The highest BCUT2D eigenvalue weighted by Crippen LogP contribution is 2.45. The lowest BCUT2D eigenvalue weighted by molar-refractivity contribution is -0.129. The Labute approximate surface area is 203 Å². The van der Waals surface area contributed by atoms with Crippen molar-refractivity contribution < 1.29 is 22.7 Å². The second-order valence-electron chi connectivity index (χ2n) is 8.34. The molecule has 182 valence electrons. The second kappa shape index (κ2) is 8.88. The van der Waals surface area contributed by atoms with Crippen LogP contribution in [0.3, 0.4) is 0 Å². The van der Waals surface area contributed by atoms with Crippen molar-refractivity contribution in [3.05, 3.63) is 54.1 Å². The Morgan fingerprint density at radius 2 is 2.03 bits per heavy atom. The number of piperazine rings is 1. The minimum Gasteiger partial charge on any atom is -0.433 e. The molecule has 1 spiro atoms. The van der Waals surface area contributed by atoms with E-state index in [-0.39, 0.29) is 23.0 Å². The van der Waals surface area contributed by atoms with Gasteiger partial charge >= 0.3 is 6.61 Å². The molecule has 1 aromatic carbocycles. The predicted octanol–water partition coefficient (Wildman–Crippen LogP) is 4.53. The van der Waals surface area contributed by atoms with E-state index in [1.807, 2.05) is 11.0 Å². The molecule has 35 heavy (non-hydrogen) atoms. The summed E-state index contributed by atoms with van der Waals surface area (Å²) >= 11 is 5.87. The third kappa shape index (κ3) is 4.31. The molecule has 0 bridgehead atoms. The van der Waals surface area contributed by atoms with Crippen LogP contribution in [0.1, 0.15) is 12.8 Å². The predicted molar refractivity (Wildman–Crippen MR) is 125 cm³/mol. The Balaban J connectivity index is 1.43. The first-order chi connectivity index (χ1) is 16.8. The fraction of sp³-hybridized carbons (Fsp3) is 0.304. The van der Waals surface area contributed by atoms with Gasteiger partial charge in [0.2, 0.25) is 5.91 Å². The van der Waals surface area contributed by atoms with E-state index in [2.05, 4.69) is 31.5 Å². The molecule has 3 heterocycles. The lowest BCUT2D eigenvalue weighted by atomic mass is 10.1. The zero-order chi connectivity index (χ0) is 24.7. The number of fused-ring (bicyclic) bond motifs is 1. The Kier molecular flexibility index (Phi) is 5.87. The Morgan fingerprint density at radius 3 is 2.74 bits per heavy atom. The number of nitrogens with zero attached hydrogens (tertiary/aromatic N) is 5. The van der Waals surface area contributed by atoms with Crippen molar-refractivity contribution in [1.82, 2.24) is 19.9 Å². The van der Waals surface area contributed by atoms with E-state index < -0.39 is 23.2 Å². The number of ether oxygens (including phenoxy) is 1. The molecule has 0 unspecified atom stereocenters. The molecule has 1 amide bonds. The number of carbonyl (C=O) groups is 1. The van der Waals surface area contributed by atoms with Crippen LogP contribution in [0.25, 0.3) is 11.0 Å². The molecule has 1 aliphatic heterocycles. The Morgan fingerprint density at radius 1 is 1.23 bits per heavy atom. The molecule has 2 aliphatic rings. The van der Waals surface area contributed by atoms with Gasteiger partial charge in [0, 0.05) is 19.6 Å². The van der Waals surface area contributed by atoms with Gasteiger partial charge in [-0.15, -0.1) is 0 Å². The molecule has 1 saturated heterocycles. The van der Waals surface area contributed by atoms with Gasteiger partial charge in [0.25, 0.3) is 0 Å². The zero-order valence-corrected chi connectivity index (χ0v) is 19.1. The van der Waals surface area contributed by atoms with Gasteiger partial charge in [-0.25, -0.2) is 19.3 Å². The summed E-state index contributed by atoms with van der Waals surface area (Å²) in [5, 5.41) is 2.25. The van der Waals surface area contributed by atoms with Crippen LogP contribution in [-0.4, -0.2) is 57.5 Å². The number of rotatable bonds is 6. The molecule has 1 saturated carbocycles. The number of aromatic nitrogens is 3. The van der Waals surface area contributed by atoms with E-state index in [0.29, 0.717) is 36.5 Å². The summed E-state index contributed by atoms with van der Waals surface area (Å²) in [6, 6.07) is 5.99. The number of benzene rings is 1. The zero-order valence-electron chi connectivity index (χ0n) is 18.3. The standard InChI is InChI=1S/C23H20ClF3N6O2/c1-2-17(34)33-10-9-32(11-23(33)7-8-23)16-6-4-14-20(31-16)21(29-12-28-14)30-13-3-5-15(35-22(26)27)18(24)19(13)25/h2-6,12,22H,1,7-11H2,(H,28,29,30). The van der Waals surface area contributed by atoms with Crippen molar-refractivity contribution in [1.29, 1.82) is 0 Å². The SMILES string of the molecule is C=CC(=O)N1CCN(c2ccc3ncnc(Nc4ccc(OC(F)F)c(Cl)c4F)c3n2)CC12CC2. The largest absolute Gasteiger partial charge is 0.433 e. The summed E-state index contributed by atoms with van der Waals surface area (Å²) in [5.74, 6) is -0.617. The van der Waals surface area contributed by atoms with Crippen LogP contribution in [0.15, 0.2) is 43.2 Å². The van der Waals surface area contributed by atoms with E-state index in [1.165, 1.54) is 18.5 Å². The van der Waals surface area contributed by atoms with Crippen molar-refractivity contribution in [2.24, 2.45) is 0 Å². The lowest BCUT2D eigenvalue weighted by Gasteiger charge is -2.42. The van der Waals surface area contributed by atoms with Gasteiger partial charge in [-0.05, 0) is 43.2 Å². The van der Waals surface area contributed by atoms with Crippen LogP contribution in [0, 0.1) is 5.82 Å². The second-order valence-corrected chi connectivity index (χ2v) is 8.72. The summed E-state index contributed by atoms with van der Waals surface area (Å²) < 4.78 is 44.0. The summed E-state index contributed by atoms with van der Waals surface area (Å²) in [6.07, 6.45) is 4.48. The average molecular weight is 505 g/mol. The van der Waals surface area contributed by atoms with Crippen molar-refractivity contribution in [2.75, 3.05) is 29.9 Å². The van der Waals surface area contributed by atoms with Gasteiger partial charge in [0.05, 0.1) is 16.7 Å². The monoisotopic (exact) mass is 504 g/mol. The number of hydrogen-bond acceptors (Lipinski definition) is 7.